The molecule has 0 spiro atoms. The van der Waals surface area contributed by atoms with Crippen molar-refractivity contribution in [3.8, 4) is 0 Å². The molecule has 20 heteroatoms. The summed E-state index contributed by atoms with van der Waals surface area (Å²) in [7, 11) is -13.3. The zero-order valence-electron chi connectivity index (χ0n) is 27.8. The van der Waals surface area contributed by atoms with Crippen molar-refractivity contribution in [3.63, 3.8) is 0 Å². The van der Waals surface area contributed by atoms with Crippen LogP contribution in [-0.4, -0.2) is 55.1 Å². The summed E-state index contributed by atoms with van der Waals surface area (Å²) in [6.45, 7) is 6.62. The minimum Gasteiger partial charge on any atom is -0.324 e. The van der Waals surface area contributed by atoms with Gasteiger partial charge in [-0.3, -0.25) is 13.9 Å². The maximum Gasteiger partial charge on any atom is 0.295 e. The Balaban J connectivity index is 1.50. The van der Waals surface area contributed by atoms with Crippen LogP contribution in [-0.2, 0) is 41.3 Å². The van der Waals surface area contributed by atoms with Crippen molar-refractivity contribution in [2.45, 2.75) is 41.4 Å². The van der Waals surface area contributed by atoms with Gasteiger partial charge in [-0.15, -0.1) is 0 Å². The first-order chi connectivity index (χ1) is 24.9. The third-order valence-electron chi connectivity index (χ3n) is 7.87. The molecule has 5 aromatic rings. The van der Waals surface area contributed by atoms with Gasteiger partial charge in [0.05, 0.1) is 16.3 Å². The fourth-order valence-corrected chi connectivity index (χ4v) is 7.52. The quantitative estimate of drug-likeness (QED) is 0.0644. The van der Waals surface area contributed by atoms with E-state index in [1.54, 1.807) is 18.2 Å². The third-order valence-corrected chi connectivity index (χ3v) is 11.2. The van der Waals surface area contributed by atoms with E-state index in [1.807, 2.05) is 6.92 Å². The number of hydrogen-bond acceptors (Lipinski definition) is 14. The van der Waals surface area contributed by atoms with Gasteiger partial charge in [0, 0.05) is 33.5 Å². The van der Waals surface area contributed by atoms with Gasteiger partial charge in [0.25, 0.3) is 20.2 Å². The van der Waals surface area contributed by atoms with Crippen molar-refractivity contribution in [1.29, 1.82) is 0 Å². The van der Waals surface area contributed by atoms with Crippen LogP contribution >= 0.6 is 11.6 Å². The van der Waals surface area contributed by atoms with Crippen molar-refractivity contribution in [2.75, 3.05) is 10.6 Å². The Kier molecular flexibility index (Phi) is 11.4. The van der Waals surface area contributed by atoms with Crippen molar-refractivity contribution in [1.82, 2.24) is 15.0 Å². The van der Waals surface area contributed by atoms with Crippen LogP contribution in [0.25, 0.3) is 10.8 Å². The number of fused-ring (bicyclic) bond motifs is 1. The number of hydrogen-bond donors (Lipinski definition) is 4. The molecule has 276 valence electrons. The molecular weight excluding hydrogens is 770 g/mol. The maximum absolute atomic E-state index is 12.4. The average Bonchev–Trinajstić information content (AvgIpc) is 3.08. The first kappa shape index (κ1) is 39.0. The van der Waals surface area contributed by atoms with E-state index in [9.17, 15) is 39.2 Å². The monoisotopic (exact) mass is 799 g/mol. The van der Waals surface area contributed by atoms with Crippen LogP contribution in [0.3, 0.4) is 0 Å². The second kappa shape index (κ2) is 15.4. The van der Waals surface area contributed by atoms with E-state index in [0.29, 0.717) is 23.4 Å². The second-order valence-electron chi connectivity index (χ2n) is 11.4. The Hall–Kier alpha value is -5.18. The second-order valence-corrected chi connectivity index (χ2v) is 16.5. The molecular formula is C33H30ClN7O9S3. The molecule has 0 fully saturated rings. The maximum atomic E-state index is 12.4. The number of rotatable bonds is 14. The van der Waals surface area contributed by atoms with E-state index >= 15 is 0 Å². The molecule has 4 aromatic carbocycles. The molecule has 1 unspecified atom stereocenters. The highest BCUT2D eigenvalue weighted by Crippen LogP contribution is 2.35. The van der Waals surface area contributed by atoms with Crippen molar-refractivity contribution in [2.24, 2.45) is 16.1 Å². The number of sulfone groups is 1. The number of azo groups is 1. The van der Waals surface area contributed by atoms with Crippen molar-refractivity contribution in [3.05, 3.63) is 95.6 Å². The van der Waals surface area contributed by atoms with Crippen LogP contribution in [0, 0.1) is 5.92 Å². The first-order valence-electron chi connectivity index (χ1n) is 15.4. The smallest absolute Gasteiger partial charge is 0.295 e. The molecule has 5 rings (SSSR count). The summed E-state index contributed by atoms with van der Waals surface area (Å²) >= 11 is 6.18. The molecule has 1 atom stereocenters. The predicted molar refractivity (Wildman–Crippen MR) is 198 cm³/mol. The Morgan fingerprint density at radius 2 is 1.45 bits per heavy atom. The van der Waals surface area contributed by atoms with Crippen LogP contribution in [0.2, 0.25) is 5.28 Å². The number of carbonyl (C=O) groups excluding carboxylic acids is 1. The molecule has 1 heterocycles. The van der Waals surface area contributed by atoms with E-state index in [2.05, 4.69) is 42.4 Å². The normalized spacial score (nSPS) is 12.8. The lowest BCUT2D eigenvalue weighted by Gasteiger charge is -2.15. The fraction of sp³-hybridized carbons (Fsp3) is 0.152. The standard InChI is InChI=1S/C33H30ClN7O9S3/c1-4-20(19(3)42)15-21-16-23(36-33-38-31(34)37-32(39-33)35-22-9-12-25(13-10-22)51(43,44)5-2)11-14-28(21)41-40-24-17-27-26(30(18-24)53(48,49)50)7-6-8-29(27)52(45,46)47/h5-14,16-18,20H,2,4,15H2,1,3H3,(H,45,46,47)(H,48,49,50)(H2,35,36,37,38,39). The van der Waals surface area contributed by atoms with E-state index in [0.717, 1.165) is 17.5 Å². The molecule has 4 N–H and O–H groups in total. The number of anilines is 4. The summed E-state index contributed by atoms with van der Waals surface area (Å²) in [4.78, 5) is 23.7. The number of aromatic nitrogens is 3. The lowest BCUT2D eigenvalue weighted by molar-refractivity contribution is -0.120. The molecule has 0 aliphatic carbocycles. The van der Waals surface area contributed by atoms with Gasteiger partial charge in [-0.25, -0.2) is 8.42 Å². The number of carbonyl (C=O) groups is 1. The summed E-state index contributed by atoms with van der Waals surface area (Å²) in [5.41, 5.74) is 1.54. The topological polar surface area (TPSA) is 247 Å². The third kappa shape index (κ3) is 9.44. The van der Waals surface area contributed by atoms with E-state index < -0.39 is 45.8 Å². The van der Waals surface area contributed by atoms with Crippen LogP contribution in [0.15, 0.2) is 110 Å². The van der Waals surface area contributed by atoms with E-state index in [4.69, 9.17) is 11.6 Å². The van der Waals surface area contributed by atoms with Gasteiger partial charge in [0.2, 0.25) is 17.2 Å². The summed E-state index contributed by atoms with van der Waals surface area (Å²) in [6, 6.07) is 16.4. The Morgan fingerprint density at radius 3 is 2.04 bits per heavy atom. The molecule has 0 amide bonds. The SMILES string of the molecule is C=CS(=O)(=O)c1ccc(Nc2nc(Cl)nc(Nc3ccc(N=Nc4cc(S(=O)(=O)O)c5cccc(S(=O)(=O)O)c5c4)c(CC(CC)C(C)=O)c3)n2)cc1. The zero-order valence-corrected chi connectivity index (χ0v) is 31.0. The predicted octanol–water partition coefficient (Wildman–Crippen LogP) is 7.15. The van der Waals surface area contributed by atoms with Crippen molar-refractivity contribution >= 4 is 92.9 Å². The summed E-state index contributed by atoms with van der Waals surface area (Å²) in [5, 5.41) is 14.7. The number of nitrogens with one attached hydrogen (secondary N) is 2. The molecule has 0 aliphatic rings. The molecule has 0 bridgehead atoms. The highest BCUT2D eigenvalue weighted by atomic mass is 35.5. The minimum absolute atomic E-state index is 0.0286. The Morgan fingerprint density at radius 1 is 0.830 bits per heavy atom. The van der Waals surface area contributed by atoms with Gasteiger partial charge in [-0.05, 0) is 97.6 Å². The highest BCUT2D eigenvalue weighted by molar-refractivity contribution is 7.94. The van der Waals surface area contributed by atoms with Crippen LogP contribution in [0.4, 0.5) is 34.6 Å². The minimum atomic E-state index is -4.88. The molecule has 0 saturated heterocycles. The number of benzene rings is 4. The fourth-order valence-electron chi connectivity index (χ4n) is 5.23. The largest absolute Gasteiger partial charge is 0.324 e. The summed E-state index contributed by atoms with van der Waals surface area (Å²) in [5.74, 6) is -0.412. The summed E-state index contributed by atoms with van der Waals surface area (Å²) in [6.07, 6.45) is 0.724. The van der Waals surface area contributed by atoms with E-state index in [-0.39, 0.29) is 56.4 Å². The molecule has 0 radical (unpaired) electrons. The number of Topliss-reactive ketones (excluding diaryl/α,β-unsaturated/α-hetero) is 1. The van der Waals surface area contributed by atoms with Gasteiger partial charge in [0.1, 0.15) is 15.6 Å². The summed E-state index contributed by atoms with van der Waals surface area (Å²) < 4.78 is 92.4. The van der Waals surface area contributed by atoms with Gasteiger partial charge in [-0.1, -0.05) is 25.6 Å². The number of halogens is 1. The number of nitrogens with zero attached hydrogens (tertiary/aromatic N) is 5. The van der Waals surface area contributed by atoms with Crippen LogP contribution in [0.5, 0.6) is 0 Å². The molecule has 0 aliphatic heterocycles. The van der Waals surface area contributed by atoms with Crippen molar-refractivity contribution < 1.29 is 39.2 Å². The van der Waals surface area contributed by atoms with E-state index in [1.165, 1.54) is 49.4 Å². The molecule has 53 heavy (non-hydrogen) atoms. The lowest BCUT2D eigenvalue weighted by Crippen LogP contribution is -2.13. The average molecular weight is 800 g/mol. The van der Waals surface area contributed by atoms with Gasteiger partial charge < -0.3 is 10.6 Å². The zero-order chi connectivity index (χ0) is 38.7. The first-order valence-corrected chi connectivity index (χ1v) is 20.2. The Labute approximate surface area is 309 Å². The lowest BCUT2D eigenvalue weighted by atomic mass is 9.92. The van der Waals surface area contributed by atoms with Gasteiger partial charge >= 0.3 is 0 Å². The van der Waals surface area contributed by atoms with Crippen LogP contribution in [0.1, 0.15) is 25.8 Å². The Bertz CT molecular complexity index is 2620. The van der Waals surface area contributed by atoms with Gasteiger partial charge in [-0.2, -0.15) is 42.0 Å². The highest BCUT2D eigenvalue weighted by Gasteiger charge is 2.22. The van der Waals surface area contributed by atoms with Crippen LogP contribution < -0.4 is 10.6 Å². The molecule has 1 aromatic heterocycles. The molecule has 16 nitrogen and oxygen atoms in total. The number of ketones is 1. The van der Waals surface area contributed by atoms with Gasteiger partial charge in [0.15, 0.2) is 9.84 Å². The molecule has 0 saturated carbocycles.